The summed E-state index contributed by atoms with van der Waals surface area (Å²) in [6.07, 6.45) is 0.834. The maximum Gasteiger partial charge on any atom is 0.0677 e. The molecule has 1 heterocycles. The Morgan fingerprint density at radius 2 is 2.00 bits per heavy atom. The third-order valence-electron chi connectivity index (χ3n) is 3.41. The highest BCUT2D eigenvalue weighted by Crippen LogP contribution is 2.27. The maximum absolute atomic E-state index is 6.23. The highest BCUT2D eigenvalue weighted by Gasteiger charge is 2.14. The molecule has 2 rings (SSSR count). The van der Waals surface area contributed by atoms with Crippen LogP contribution in [0.25, 0.3) is 0 Å². The summed E-state index contributed by atoms with van der Waals surface area (Å²) in [5.41, 5.74) is 10.2. The van der Waals surface area contributed by atoms with E-state index in [0.717, 1.165) is 23.4 Å². The molecule has 5 heteroatoms. The number of aryl methyl sites for hydroxylation is 1. The topological polar surface area (TPSA) is 43.8 Å². The fourth-order valence-electron chi connectivity index (χ4n) is 2.34. The van der Waals surface area contributed by atoms with Gasteiger partial charge in [-0.05, 0) is 44.4 Å². The van der Waals surface area contributed by atoms with Crippen LogP contribution in [0.15, 0.2) is 18.2 Å². The highest BCUT2D eigenvalue weighted by atomic mass is 35.5. The molecule has 0 aliphatic carbocycles. The number of halogens is 2. The molecule has 0 aliphatic rings. The van der Waals surface area contributed by atoms with Crippen molar-refractivity contribution in [3.63, 3.8) is 0 Å². The molecule has 108 valence electrons. The number of nitrogens with zero attached hydrogens (tertiary/aromatic N) is 2. The van der Waals surface area contributed by atoms with Crippen molar-refractivity contribution in [2.75, 3.05) is 0 Å². The molecule has 0 saturated heterocycles. The van der Waals surface area contributed by atoms with E-state index in [1.54, 1.807) is 6.07 Å². The molecule has 3 nitrogen and oxygen atoms in total. The number of hydrogen-bond donors (Lipinski definition) is 1. The van der Waals surface area contributed by atoms with Gasteiger partial charge in [0.2, 0.25) is 0 Å². The van der Waals surface area contributed by atoms with E-state index in [-0.39, 0.29) is 6.04 Å². The predicted octanol–water partition coefficient (Wildman–Crippen LogP) is 3.74. The van der Waals surface area contributed by atoms with Gasteiger partial charge in [0.15, 0.2) is 0 Å². The van der Waals surface area contributed by atoms with Gasteiger partial charge in [-0.15, -0.1) is 0 Å². The van der Waals surface area contributed by atoms with E-state index < -0.39 is 0 Å². The van der Waals surface area contributed by atoms with Crippen LogP contribution < -0.4 is 5.73 Å². The molecule has 20 heavy (non-hydrogen) atoms. The number of nitrogens with two attached hydrogens (primary N) is 1. The van der Waals surface area contributed by atoms with Crippen molar-refractivity contribution >= 4 is 23.2 Å². The van der Waals surface area contributed by atoms with Crippen molar-refractivity contribution in [2.24, 2.45) is 5.73 Å². The van der Waals surface area contributed by atoms with E-state index in [0.29, 0.717) is 16.6 Å². The van der Waals surface area contributed by atoms with Gasteiger partial charge in [0, 0.05) is 11.7 Å². The van der Waals surface area contributed by atoms with E-state index >= 15 is 0 Å². The second-order valence-corrected chi connectivity index (χ2v) is 5.99. The van der Waals surface area contributed by atoms with Gasteiger partial charge in [0.1, 0.15) is 0 Å². The zero-order chi connectivity index (χ0) is 14.9. The van der Waals surface area contributed by atoms with E-state index in [9.17, 15) is 0 Å². The molecule has 0 amide bonds. The summed E-state index contributed by atoms with van der Waals surface area (Å²) in [6.45, 7) is 6.70. The number of aromatic nitrogens is 2. The molecule has 1 aromatic heterocycles. The Kier molecular flexibility index (Phi) is 4.74. The fraction of sp³-hybridized carbons (Fsp3) is 0.400. The van der Waals surface area contributed by atoms with E-state index in [1.165, 1.54) is 5.56 Å². The zero-order valence-corrected chi connectivity index (χ0v) is 13.5. The summed E-state index contributed by atoms with van der Waals surface area (Å²) in [6, 6.07) is 5.78. The smallest absolute Gasteiger partial charge is 0.0677 e. The quantitative estimate of drug-likeness (QED) is 0.934. The Labute approximate surface area is 129 Å². The second kappa shape index (κ2) is 6.17. The van der Waals surface area contributed by atoms with E-state index in [4.69, 9.17) is 28.9 Å². The minimum atomic E-state index is 0.125. The summed E-state index contributed by atoms with van der Waals surface area (Å²) in [7, 11) is 0. The molecule has 2 N–H and O–H groups in total. The average molecular weight is 312 g/mol. The van der Waals surface area contributed by atoms with Gasteiger partial charge in [-0.3, -0.25) is 4.68 Å². The standard InChI is InChI=1S/C15H19Cl2N3/c1-9(18)7-13-10(2)19-20(11(13)3)8-12-5-4-6-14(16)15(12)17/h4-6,9H,7-8,18H2,1-3H3. The minimum absolute atomic E-state index is 0.125. The van der Waals surface area contributed by atoms with Crippen LogP contribution in [-0.2, 0) is 13.0 Å². The van der Waals surface area contributed by atoms with Gasteiger partial charge >= 0.3 is 0 Å². The molecule has 0 aliphatic heterocycles. The summed E-state index contributed by atoms with van der Waals surface area (Å²) >= 11 is 12.3. The fourth-order valence-corrected chi connectivity index (χ4v) is 2.72. The molecule has 0 fully saturated rings. The van der Waals surface area contributed by atoms with Crippen LogP contribution in [0.1, 0.15) is 29.4 Å². The molecule has 2 aromatic rings. The normalized spacial score (nSPS) is 12.7. The van der Waals surface area contributed by atoms with Crippen molar-refractivity contribution in [1.29, 1.82) is 0 Å². The Balaban J connectivity index is 2.33. The van der Waals surface area contributed by atoms with Crippen LogP contribution in [0.5, 0.6) is 0 Å². The van der Waals surface area contributed by atoms with Crippen LogP contribution in [0, 0.1) is 13.8 Å². The summed E-state index contributed by atoms with van der Waals surface area (Å²) in [4.78, 5) is 0. The first-order valence-corrected chi connectivity index (χ1v) is 7.37. The van der Waals surface area contributed by atoms with Crippen LogP contribution in [0.3, 0.4) is 0 Å². The van der Waals surface area contributed by atoms with Gasteiger partial charge in [-0.25, -0.2) is 0 Å². The highest BCUT2D eigenvalue weighted by molar-refractivity contribution is 6.42. The molecule has 0 saturated carbocycles. The molecule has 0 radical (unpaired) electrons. The van der Waals surface area contributed by atoms with Crippen LogP contribution in [-0.4, -0.2) is 15.8 Å². The minimum Gasteiger partial charge on any atom is -0.328 e. The number of rotatable bonds is 4. The summed E-state index contributed by atoms with van der Waals surface area (Å²) in [5.74, 6) is 0. The van der Waals surface area contributed by atoms with Crippen LogP contribution in [0.2, 0.25) is 10.0 Å². The van der Waals surface area contributed by atoms with Gasteiger partial charge in [0.05, 0.1) is 22.3 Å². The Morgan fingerprint density at radius 1 is 1.30 bits per heavy atom. The molecule has 1 atom stereocenters. The zero-order valence-electron chi connectivity index (χ0n) is 12.0. The lowest BCUT2D eigenvalue weighted by Gasteiger charge is -2.09. The SMILES string of the molecule is Cc1nn(Cc2cccc(Cl)c2Cl)c(C)c1CC(C)N. The summed E-state index contributed by atoms with van der Waals surface area (Å²) in [5, 5.41) is 5.75. The lowest BCUT2D eigenvalue weighted by Crippen LogP contribution is -2.18. The molecule has 1 unspecified atom stereocenters. The maximum atomic E-state index is 6.23. The molecular weight excluding hydrogens is 293 g/mol. The lowest BCUT2D eigenvalue weighted by molar-refractivity contribution is 0.656. The van der Waals surface area contributed by atoms with Gasteiger partial charge in [-0.1, -0.05) is 35.3 Å². The van der Waals surface area contributed by atoms with Crippen molar-refractivity contribution in [1.82, 2.24) is 9.78 Å². The Morgan fingerprint density at radius 3 is 2.65 bits per heavy atom. The first-order valence-electron chi connectivity index (χ1n) is 6.61. The number of benzene rings is 1. The first kappa shape index (κ1) is 15.4. The Hall–Kier alpha value is -1.03. The third-order valence-corrected chi connectivity index (χ3v) is 4.27. The van der Waals surface area contributed by atoms with E-state index in [2.05, 4.69) is 12.0 Å². The first-order chi connectivity index (χ1) is 9.40. The van der Waals surface area contributed by atoms with Crippen LogP contribution >= 0.6 is 23.2 Å². The van der Waals surface area contributed by atoms with Crippen LogP contribution in [0.4, 0.5) is 0 Å². The van der Waals surface area contributed by atoms with E-state index in [1.807, 2.05) is 30.7 Å². The summed E-state index contributed by atoms with van der Waals surface area (Å²) < 4.78 is 1.96. The van der Waals surface area contributed by atoms with Gasteiger partial charge in [0.25, 0.3) is 0 Å². The largest absolute Gasteiger partial charge is 0.328 e. The third kappa shape index (κ3) is 3.17. The molecule has 0 spiro atoms. The predicted molar refractivity (Wildman–Crippen MR) is 84.6 cm³/mol. The van der Waals surface area contributed by atoms with Crippen molar-refractivity contribution in [3.05, 3.63) is 50.8 Å². The second-order valence-electron chi connectivity index (χ2n) is 5.20. The monoisotopic (exact) mass is 311 g/mol. The van der Waals surface area contributed by atoms with Gasteiger partial charge in [-0.2, -0.15) is 5.10 Å². The lowest BCUT2D eigenvalue weighted by atomic mass is 10.1. The van der Waals surface area contributed by atoms with Crippen molar-refractivity contribution < 1.29 is 0 Å². The molecule has 1 aromatic carbocycles. The average Bonchev–Trinajstić information content (AvgIpc) is 2.62. The van der Waals surface area contributed by atoms with Gasteiger partial charge < -0.3 is 5.73 Å². The molecule has 0 bridgehead atoms. The number of hydrogen-bond acceptors (Lipinski definition) is 2. The Bertz CT molecular complexity index is 618. The molecular formula is C15H19Cl2N3. The van der Waals surface area contributed by atoms with Crippen molar-refractivity contribution in [2.45, 2.75) is 39.8 Å². The van der Waals surface area contributed by atoms with Crippen molar-refractivity contribution in [3.8, 4) is 0 Å².